The highest BCUT2D eigenvalue weighted by molar-refractivity contribution is 5.00. The predicted molar refractivity (Wildman–Crippen MR) is 61.5 cm³/mol. The maximum Gasteiger partial charge on any atom is -0.0376 e. The van der Waals surface area contributed by atoms with Gasteiger partial charge in [0, 0.05) is 0 Å². The van der Waals surface area contributed by atoms with E-state index in [0.29, 0.717) is 0 Å². The Morgan fingerprint density at radius 1 is 1.00 bits per heavy atom. The van der Waals surface area contributed by atoms with Crippen molar-refractivity contribution in [3.05, 3.63) is 37.5 Å². The van der Waals surface area contributed by atoms with Crippen molar-refractivity contribution < 1.29 is 0 Å². The van der Waals surface area contributed by atoms with Crippen molar-refractivity contribution in [2.24, 2.45) is 0 Å². The molecular formula is C12H24. The normalized spacial score (nSPS) is 8.67. The van der Waals surface area contributed by atoms with Gasteiger partial charge in [0.25, 0.3) is 0 Å². The Hall–Kier alpha value is -0.780. The molecule has 0 aliphatic heterocycles. The average Bonchev–Trinajstić information content (AvgIpc) is 2.11. The number of rotatable bonds is 2. The zero-order valence-corrected chi connectivity index (χ0v) is 9.14. The molecule has 0 N–H and O–H groups in total. The third kappa shape index (κ3) is 60.1. The zero-order valence-electron chi connectivity index (χ0n) is 9.14. The van der Waals surface area contributed by atoms with Crippen molar-refractivity contribution >= 4 is 0 Å². The molecule has 0 nitrogen and oxygen atoms in total. The molecule has 0 aromatic heterocycles. The van der Waals surface area contributed by atoms with Crippen LogP contribution in [0.4, 0.5) is 0 Å². The SMILES string of the molecule is C/C=C\C=C/CC.C=C.CCC. The van der Waals surface area contributed by atoms with Gasteiger partial charge in [-0.05, 0) is 13.3 Å². The van der Waals surface area contributed by atoms with Crippen LogP contribution >= 0.6 is 0 Å². The van der Waals surface area contributed by atoms with Crippen LogP contribution in [0.3, 0.4) is 0 Å². The number of hydrogen-bond donors (Lipinski definition) is 0. The third-order valence-corrected chi connectivity index (χ3v) is 0.675. The average molecular weight is 168 g/mol. The van der Waals surface area contributed by atoms with Crippen molar-refractivity contribution in [2.45, 2.75) is 40.5 Å². The lowest BCUT2D eigenvalue weighted by atomic mass is 10.4. The standard InChI is InChI=1S/C7H12.C3H8.C2H4/c1-3-5-7-6-4-2;1-3-2;1-2/h3,5-7H,4H2,1-2H3;3H2,1-2H3;1-2H2/b5-3-,7-6-;;. The lowest BCUT2D eigenvalue weighted by molar-refractivity contribution is 1.09. The molecule has 0 heterocycles. The molecule has 0 atom stereocenters. The molecule has 0 saturated carbocycles. The largest absolute Gasteiger partial charge is 0.106 e. The van der Waals surface area contributed by atoms with E-state index in [4.69, 9.17) is 0 Å². The molecule has 0 aliphatic carbocycles. The van der Waals surface area contributed by atoms with Gasteiger partial charge in [0.1, 0.15) is 0 Å². The molecule has 72 valence electrons. The van der Waals surface area contributed by atoms with Crippen LogP contribution in [0.1, 0.15) is 40.5 Å². The van der Waals surface area contributed by atoms with Crippen LogP contribution < -0.4 is 0 Å². The maximum atomic E-state index is 3.00. The molecule has 0 bridgehead atoms. The molecule has 0 amide bonds. The molecule has 0 heteroatoms. The first-order valence-electron chi connectivity index (χ1n) is 4.61. The highest BCUT2D eigenvalue weighted by atomic mass is 13.6. The monoisotopic (exact) mass is 168 g/mol. The minimum Gasteiger partial charge on any atom is -0.106 e. The van der Waals surface area contributed by atoms with E-state index in [1.807, 2.05) is 19.1 Å². The van der Waals surface area contributed by atoms with Crippen molar-refractivity contribution in [3.63, 3.8) is 0 Å². The first kappa shape index (κ1) is 17.3. The highest BCUT2D eigenvalue weighted by Crippen LogP contribution is 1.79. The number of hydrogen-bond acceptors (Lipinski definition) is 0. The van der Waals surface area contributed by atoms with E-state index < -0.39 is 0 Å². The second kappa shape index (κ2) is 31.9. The zero-order chi connectivity index (χ0) is 10.2. The van der Waals surface area contributed by atoms with Gasteiger partial charge in [-0.3, -0.25) is 0 Å². The lowest BCUT2D eigenvalue weighted by Gasteiger charge is -1.70. The summed E-state index contributed by atoms with van der Waals surface area (Å²) in [7, 11) is 0. The molecule has 0 aromatic rings. The first-order valence-corrected chi connectivity index (χ1v) is 4.61. The summed E-state index contributed by atoms with van der Waals surface area (Å²) in [6, 6.07) is 0. The van der Waals surface area contributed by atoms with Gasteiger partial charge in [0.05, 0.1) is 0 Å². The third-order valence-electron chi connectivity index (χ3n) is 0.675. The van der Waals surface area contributed by atoms with Crippen molar-refractivity contribution in [1.82, 2.24) is 0 Å². The molecule has 0 aliphatic rings. The second-order valence-corrected chi connectivity index (χ2v) is 2.07. The van der Waals surface area contributed by atoms with E-state index in [1.165, 1.54) is 6.42 Å². The van der Waals surface area contributed by atoms with Crippen LogP contribution in [0.15, 0.2) is 37.5 Å². The summed E-state index contributed by atoms with van der Waals surface area (Å²) in [6.45, 7) is 14.4. The van der Waals surface area contributed by atoms with Gasteiger partial charge >= 0.3 is 0 Å². The second-order valence-electron chi connectivity index (χ2n) is 2.07. The van der Waals surface area contributed by atoms with E-state index in [1.54, 1.807) is 0 Å². The van der Waals surface area contributed by atoms with E-state index in [9.17, 15) is 0 Å². The van der Waals surface area contributed by atoms with Crippen LogP contribution in [0.2, 0.25) is 0 Å². The summed E-state index contributed by atoms with van der Waals surface area (Å²) in [5, 5.41) is 0. The summed E-state index contributed by atoms with van der Waals surface area (Å²) in [5.74, 6) is 0. The summed E-state index contributed by atoms with van der Waals surface area (Å²) < 4.78 is 0. The molecule has 0 aromatic carbocycles. The molecule has 0 saturated heterocycles. The van der Waals surface area contributed by atoms with Gasteiger partial charge in [-0.25, -0.2) is 0 Å². The van der Waals surface area contributed by atoms with Crippen LogP contribution in [-0.2, 0) is 0 Å². The van der Waals surface area contributed by atoms with Gasteiger partial charge in [0.2, 0.25) is 0 Å². The molecule has 12 heavy (non-hydrogen) atoms. The fourth-order valence-electron chi connectivity index (χ4n) is 0.326. The topological polar surface area (TPSA) is 0 Å². The van der Waals surface area contributed by atoms with Crippen LogP contribution in [0.5, 0.6) is 0 Å². The Labute approximate surface area is 78.7 Å². The minimum absolute atomic E-state index is 1.13. The fraction of sp³-hybridized carbons (Fsp3) is 0.500. The van der Waals surface area contributed by atoms with Gasteiger partial charge in [-0.1, -0.05) is 51.5 Å². The summed E-state index contributed by atoms with van der Waals surface area (Å²) in [6.07, 6.45) is 10.6. The molecule has 0 spiro atoms. The maximum absolute atomic E-state index is 3.00. The quantitative estimate of drug-likeness (QED) is 0.412. The molecule has 0 radical (unpaired) electrons. The minimum atomic E-state index is 1.13. The Kier molecular flexibility index (Phi) is 46.1. The molecule has 0 unspecified atom stereocenters. The Morgan fingerprint density at radius 2 is 1.42 bits per heavy atom. The Morgan fingerprint density at radius 3 is 1.67 bits per heavy atom. The fourth-order valence-corrected chi connectivity index (χ4v) is 0.326. The number of allylic oxidation sites excluding steroid dienone is 4. The Bertz CT molecular complexity index is 88.2. The van der Waals surface area contributed by atoms with Crippen molar-refractivity contribution in [2.75, 3.05) is 0 Å². The summed E-state index contributed by atoms with van der Waals surface area (Å²) in [4.78, 5) is 0. The molecule has 0 rings (SSSR count). The summed E-state index contributed by atoms with van der Waals surface area (Å²) in [5.41, 5.74) is 0. The van der Waals surface area contributed by atoms with E-state index in [2.05, 4.69) is 46.1 Å². The van der Waals surface area contributed by atoms with Crippen molar-refractivity contribution in [3.8, 4) is 0 Å². The summed E-state index contributed by atoms with van der Waals surface area (Å²) >= 11 is 0. The van der Waals surface area contributed by atoms with E-state index in [-0.39, 0.29) is 0 Å². The predicted octanol–water partition coefficient (Wildman–Crippen LogP) is 4.75. The first-order chi connectivity index (χ1) is 5.83. The van der Waals surface area contributed by atoms with Crippen LogP contribution in [0, 0.1) is 0 Å². The van der Waals surface area contributed by atoms with Crippen LogP contribution in [-0.4, -0.2) is 0 Å². The van der Waals surface area contributed by atoms with Gasteiger partial charge in [-0.2, -0.15) is 0 Å². The van der Waals surface area contributed by atoms with Gasteiger partial charge in [0.15, 0.2) is 0 Å². The van der Waals surface area contributed by atoms with Gasteiger partial charge < -0.3 is 0 Å². The molecule has 0 fully saturated rings. The van der Waals surface area contributed by atoms with E-state index in [0.717, 1.165) is 6.42 Å². The van der Waals surface area contributed by atoms with Gasteiger partial charge in [-0.15, -0.1) is 13.2 Å². The Balaban J connectivity index is -0.000000137. The molecular weight excluding hydrogens is 144 g/mol. The van der Waals surface area contributed by atoms with Crippen LogP contribution in [0.25, 0.3) is 0 Å². The smallest absolute Gasteiger partial charge is 0.0376 e. The van der Waals surface area contributed by atoms with E-state index >= 15 is 0 Å². The lowest BCUT2D eigenvalue weighted by Crippen LogP contribution is -1.48. The highest BCUT2D eigenvalue weighted by Gasteiger charge is 1.57. The van der Waals surface area contributed by atoms with Crippen molar-refractivity contribution in [1.29, 1.82) is 0 Å².